The molecule has 6 nitrogen and oxygen atoms in total. The van der Waals surface area contributed by atoms with Crippen LogP contribution in [0.25, 0.3) is 0 Å². The van der Waals surface area contributed by atoms with Crippen molar-refractivity contribution >= 4 is 5.91 Å². The van der Waals surface area contributed by atoms with Gasteiger partial charge >= 0.3 is 5.69 Å². The zero-order valence-corrected chi connectivity index (χ0v) is 13.0. The molecule has 0 N–H and O–H groups in total. The second-order valence-corrected chi connectivity index (χ2v) is 5.94. The van der Waals surface area contributed by atoms with E-state index in [4.69, 9.17) is 0 Å². The number of nitrogens with zero attached hydrogens (tertiary/aromatic N) is 4. The Morgan fingerprint density at radius 3 is 3.00 bits per heavy atom. The number of rotatable bonds is 4. The highest BCUT2D eigenvalue weighted by Gasteiger charge is 2.24. The van der Waals surface area contributed by atoms with Crippen LogP contribution >= 0.6 is 0 Å². The summed E-state index contributed by atoms with van der Waals surface area (Å²) in [5.74, 6) is 0.429. The molecule has 0 aliphatic carbocycles. The van der Waals surface area contributed by atoms with Crippen molar-refractivity contribution in [2.24, 2.45) is 5.92 Å². The first-order valence-electron chi connectivity index (χ1n) is 7.90. The Balaban J connectivity index is 1.61. The van der Waals surface area contributed by atoms with Crippen LogP contribution in [0.1, 0.15) is 18.4 Å². The van der Waals surface area contributed by atoms with Gasteiger partial charge in [0, 0.05) is 37.9 Å². The third kappa shape index (κ3) is 4.03. The maximum atomic E-state index is 12.4. The number of piperidine rings is 1. The Morgan fingerprint density at radius 2 is 2.22 bits per heavy atom. The molecule has 0 unspecified atom stereocenters. The predicted molar refractivity (Wildman–Crippen MR) is 85.7 cm³/mol. The highest BCUT2D eigenvalue weighted by molar-refractivity contribution is 5.76. The molecule has 3 rings (SSSR count). The Hall–Kier alpha value is -2.50. The number of hydrogen-bond donors (Lipinski definition) is 0. The second-order valence-electron chi connectivity index (χ2n) is 5.94. The molecule has 120 valence electrons. The second kappa shape index (κ2) is 7.17. The lowest BCUT2D eigenvalue weighted by Gasteiger charge is -2.33. The van der Waals surface area contributed by atoms with Crippen molar-refractivity contribution in [3.05, 3.63) is 59.0 Å². The topological polar surface area (TPSA) is 68.1 Å². The van der Waals surface area contributed by atoms with Gasteiger partial charge in [-0.2, -0.15) is 0 Å². The Morgan fingerprint density at radius 1 is 1.30 bits per heavy atom. The van der Waals surface area contributed by atoms with Crippen LogP contribution in [0, 0.1) is 5.92 Å². The number of pyridine rings is 1. The lowest BCUT2D eigenvalue weighted by molar-refractivity contribution is -0.133. The van der Waals surface area contributed by atoms with E-state index in [1.807, 2.05) is 17.2 Å². The van der Waals surface area contributed by atoms with Crippen molar-refractivity contribution in [3.8, 4) is 0 Å². The average molecular weight is 312 g/mol. The minimum Gasteiger partial charge on any atom is -0.341 e. The molecule has 6 heteroatoms. The van der Waals surface area contributed by atoms with Crippen molar-refractivity contribution in [1.82, 2.24) is 19.4 Å². The molecule has 0 saturated carbocycles. The van der Waals surface area contributed by atoms with Gasteiger partial charge in [-0.05, 0) is 42.9 Å². The molecule has 0 bridgehead atoms. The smallest absolute Gasteiger partial charge is 0.341 e. The Labute approximate surface area is 134 Å². The molecule has 1 atom stereocenters. The Bertz CT molecular complexity index is 714. The first-order valence-corrected chi connectivity index (χ1v) is 7.90. The zero-order chi connectivity index (χ0) is 16.1. The van der Waals surface area contributed by atoms with Gasteiger partial charge < -0.3 is 4.90 Å². The quantitative estimate of drug-likeness (QED) is 0.848. The summed E-state index contributed by atoms with van der Waals surface area (Å²) < 4.78 is 1.35. The largest absolute Gasteiger partial charge is 0.347 e. The van der Waals surface area contributed by atoms with E-state index < -0.39 is 0 Å². The summed E-state index contributed by atoms with van der Waals surface area (Å²) in [6.45, 7) is 1.56. The molecule has 23 heavy (non-hydrogen) atoms. The molecule has 1 aliphatic heterocycles. The standard InChI is InChI=1S/C17H20N4O2/c22-16(13-21-9-3-7-19-17(21)23)20-8-2-5-15(12-20)10-14-4-1-6-18-11-14/h1,3-4,6-7,9,11,15H,2,5,8,10,12-13H2/t15-/m0/s1. The van der Waals surface area contributed by atoms with Gasteiger partial charge in [-0.1, -0.05) is 6.07 Å². The maximum Gasteiger partial charge on any atom is 0.347 e. The Kier molecular flexibility index (Phi) is 4.80. The van der Waals surface area contributed by atoms with E-state index in [1.165, 1.54) is 16.3 Å². The summed E-state index contributed by atoms with van der Waals surface area (Å²) >= 11 is 0. The van der Waals surface area contributed by atoms with Crippen LogP contribution in [-0.4, -0.2) is 38.4 Å². The summed E-state index contributed by atoms with van der Waals surface area (Å²) in [6, 6.07) is 5.68. The maximum absolute atomic E-state index is 12.4. The number of carbonyl (C=O) groups excluding carboxylic acids is 1. The molecular formula is C17H20N4O2. The normalized spacial score (nSPS) is 17.9. The highest BCUT2D eigenvalue weighted by Crippen LogP contribution is 2.20. The third-order valence-corrected chi connectivity index (χ3v) is 4.21. The summed E-state index contributed by atoms with van der Waals surface area (Å²) in [4.78, 5) is 33.7. The van der Waals surface area contributed by atoms with E-state index in [9.17, 15) is 9.59 Å². The summed E-state index contributed by atoms with van der Waals surface area (Å²) in [5, 5.41) is 0. The van der Waals surface area contributed by atoms with Gasteiger partial charge in [0.1, 0.15) is 6.54 Å². The predicted octanol–water partition coefficient (Wildman–Crippen LogP) is 1.12. The minimum atomic E-state index is -0.384. The fourth-order valence-corrected chi connectivity index (χ4v) is 3.06. The van der Waals surface area contributed by atoms with Gasteiger partial charge in [0.2, 0.25) is 5.91 Å². The minimum absolute atomic E-state index is 0.0176. The number of likely N-dealkylation sites (tertiary alicyclic amines) is 1. The monoisotopic (exact) mass is 312 g/mol. The molecule has 3 heterocycles. The van der Waals surface area contributed by atoms with Crippen LogP contribution < -0.4 is 5.69 Å². The van der Waals surface area contributed by atoms with Crippen LogP contribution in [0.4, 0.5) is 0 Å². The van der Waals surface area contributed by atoms with Crippen molar-refractivity contribution in [2.75, 3.05) is 13.1 Å². The molecule has 1 fully saturated rings. The third-order valence-electron chi connectivity index (χ3n) is 4.21. The van der Waals surface area contributed by atoms with E-state index in [1.54, 1.807) is 18.5 Å². The van der Waals surface area contributed by atoms with Gasteiger partial charge in [0.25, 0.3) is 0 Å². The first-order chi connectivity index (χ1) is 11.2. The van der Waals surface area contributed by atoms with Crippen LogP contribution in [-0.2, 0) is 17.8 Å². The van der Waals surface area contributed by atoms with Crippen LogP contribution in [0.5, 0.6) is 0 Å². The van der Waals surface area contributed by atoms with Crippen molar-refractivity contribution < 1.29 is 4.79 Å². The summed E-state index contributed by atoms with van der Waals surface area (Å²) in [7, 11) is 0. The first kappa shape index (κ1) is 15.4. The van der Waals surface area contributed by atoms with Gasteiger partial charge in [-0.15, -0.1) is 0 Å². The fourth-order valence-electron chi connectivity index (χ4n) is 3.06. The van der Waals surface area contributed by atoms with Gasteiger partial charge in [-0.3, -0.25) is 14.3 Å². The molecular weight excluding hydrogens is 292 g/mol. The van der Waals surface area contributed by atoms with Crippen molar-refractivity contribution in [2.45, 2.75) is 25.8 Å². The van der Waals surface area contributed by atoms with E-state index in [-0.39, 0.29) is 18.1 Å². The van der Waals surface area contributed by atoms with Crippen LogP contribution in [0.15, 0.2) is 47.8 Å². The summed E-state index contributed by atoms with van der Waals surface area (Å²) in [5.41, 5.74) is 0.819. The molecule has 2 aromatic heterocycles. The van der Waals surface area contributed by atoms with Crippen LogP contribution in [0.2, 0.25) is 0 Å². The number of hydrogen-bond acceptors (Lipinski definition) is 4. The van der Waals surface area contributed by atoms with E-state index in [0.29, 0.717) is 5.92 Å². The van der Waals surface area contributed by atoms with E-state index in [2.05, 4.69) is 16.0 Å². The molecule has 1 aliphatic rings. The molecule has 0 radical (unpaired) electrons. The van der Waals surface area contributed by atoms with Crippen molar-refractivity contribution in [1.29, 1.82) is 0 Å². The van der Waals surface area contributed by atoms with Crippen molar-refractivity contribution in [3.63, 3.8) is 0 Å². The average Bonchev–Trinajstić information content (AvgIpc) is 2.58. The fraction of sp³-hybridized carbons (Fsp3) is 0.412. The van der Waals surface area contributed by atoms with Gasteiger partial charge in [-0.25, -0.2) is 9.78 Å². The number of aromatic nitrogens is 3. The zero-order valence-electron chi connectivity index (χ0n) is 13.0. The lowest BCUT2D eigenvalue weighted by atomic mass is 9.92. The number of carbonyl (C=O) groups is 1. The number of amides is 1. The summed E-state index contributed by atoms with van der Waals surface area (Å²) in [6.07, 6.45) is 9.74. The lowest BCUT2D eigenvalue weighted by Crippen LogP contribution is -2.43. The molecule has 2 aromatic rings. The van der Waals surface area contributed by atoms with Crippen LogP contribution in [0.3, 0.4) is 0 Å². The molecule has 0 aromatic carbocycles. The van der Waals surface area contributed by atoms with E-state index >= 15 is 0 Å². The van der Waals surface area contributed by atoms with Gasteiger partial charge in [0.05, 0.1) is 0 Å². The van der Waals surface area contributed by atoms with Gasteiger partial charge in [0.15, 0.2) is 0 Å². The van der Waals surface area contributed by atoms with E-state index in [0.717, 1.165) is 32.4 Å². The molecule has 1 saturated heterocycles. The SMILES string of the molecule is O=C(Cn1cccnc1=O)N1CCC[C@@H](Cc2cccnc2)C1. The highest BCUT2D eigenvalue weighted by atomic mass is 16.2. The molecule has 1 amide bonds. The molecule has 0 spiro atoms.